The molecule has 0 spiro atoms. The predicted molar refractivity (Wildman–Crippen MR) is 119 cm³/mol. The molecule has 158 valence electrons. The van der Waals surface area contributed by atoms with Crippen LogP contribution in [0.3, 0.4) is 0 Å². The lowest BCUT2D eigenvalue weighted by molar-refractivity contribution is -0.111. The standard InChI is InChI=1S/C24H24N4O3/c1-3-18-4-6-20(7-5-18)17-28-23(12-14-26-28)27-24(29)11-9-19-8-10-21(31-15-13-25)22(16-19)30-2/h4-12,14,16H,3,15,17H2,1-2H3,(H,27,29)/b11-9+. The number of nitriles is 1. The highest BCUT2D eigenvalue weighted by Gasteiger charge is 2.07. The molecule has 0 radical (unpaired) electrons. The quantitative estimate of drug-likeness (QED) is 0.532. The Hall–Kier alpha value is -4.05. The van der Waals surface area contributed by atoms with Gasteiger partial charge in [0.2, 0.25) is 5.91 Å². The topological polar surface area (TPSA) is 89.2 Å². The van der Waals surface area contributed by atoms with Gasteiger partial charge in [-0.05, 0) is 41.3 Å². The first-order valence-corrected chi connectivity index (χ1v) is 9.89. The number of hydrogen-bond donors (Lipinski definition) is 1. The van der Waals surface area contributed by atoms with Crippen LogP contribution >= 0.6 is 0 Å². The van der Waals surface area contributed by atoms with Crippen LogP contribution < -0.4 is 14.8 Å². The molecule has 2 aromatic carbocycles. The highest BCUT2D eigenvalue weighted by molar-refractivity contribution is 6.01. The van der Waals surface area contributed by atoms with Crippen LogP contribution in [0.1, 0.15) is 23.6 Å². The van der Waals surface area contributed by atoms with Crippen molar-refractivity contribution >= 4 is 17.8 Å². The molecule has 31 heavy (non-hydrogen) atoms. The molecule has 7 heteroatoms. The first-order valence-electron chi connectivity index (χ1n) is 9.89. The van der Waals surface area contributed by atoms with Gasteiger partial charge in [-0.3, -0.25) is 4.79 Å². The van der Waals surface area contributed by atoms with Crippen LogP contribution in [0.5, 0.6) is 11.5 Å². The summed E-state index contributed by atoms with van der Waals surface area (Å²) in [7, 11) is 1.52. The summed E-state index contributed by atoms with van der Waals surface area (Å²) in [6, 6.07) is 17.2. The summed E-state index contributed by atoms with van der Waals surface area (Å²) >= 11 is 0. The fraction of sp³-hybridized carbons (Fsp3) is 0.208. The van der Waals surface area contributed by atoms with Gasteiger partial charge in [0.15, 0.2) is 18.1 Å². The van der Waals surface area contributed by atoms with E-state index in [1.807, 2.05) is 6.07 Å². The van der Waals surface area contributed by atoms with E-state index in [0.717, 1.165) is 17.5 Å². The molecule has 1 heterocycles. The van der Waals surface area contributed by atoms with Gasteiger partial charge in [0.1, 0.15) is 11.9 Å². The fourth-order valence-electron chi connectivity index (χ4n) is 2.98. The highest BCUT2D eigenvalue weighted by Crippen LogP contribution is 2.28. The van der Waals surface area contributed by atoms with Crippen LogP contribution in [0.25, 0.3) is 6.08 Å². The third-order valence-corrected chi connectivity index (χ3v) is 4.64. The van der Waals surface area contributed by atoms with Crippen LogP contribution in [0.2, 0.25) is 0 Å². The Bertz CT molecular complexity index is 1090. The normalized spacial score (nSPS) is 10.6. The van der Waals surface area contributed by atoms with Crippen molar-refractivity contribution in [2.75, 3.05) is 19.0 Å². The lowest BCUT2D eigenvalue weighted by atomic mass is 10.1. The summed E-state index contributed by atoms with van der Waals surface area (Å²) in [5.41, 5.74) is 3.16. The number of ether oxygens (including phenoxy) is 2. The molecule has 0 atom stereocenters. The number of anilines is 1. The fourth-order valence-corrected chi connectivity index (χ4v) is 2.98. The number of carbonyl (C=O) groups excluding carboxylic acids is 1. The van der Waals surface area contributed by atoms with Crippen molar-refractivity contribution in [1.29, 1.82) is 5.26 Å². The summed E-state index contributed by atoms with van der Waals surface area (Å²) in [5.74, 6) is 1.31. The number of carbonyl (C=O) groups is 1. The number of hydrogen-bond acceptors (Lipinski definition) is 5. The first kappa shape index (κ1) is 21.7. The largest absolute Gasteiger partial charge is 0.493 e. The van der Waals surface area contributed by atoms with Crippen molar-refractivity contribution < 1.29 is 14.3 Å². The summed E-state index contributed by atoms with van der Waals surface area (Å²) < 4.78 is 12.3. The number of benzene rings is 2. The number of nitrogens with one attached hydrogen (secondary N) is 1. The summed E-state index contributed by atoms with van der Waals surface area (Å²) in [6.07, 6.45) is 5.77. The Labute approximate surface area is 181 Å². The molecule has 3 aromatic rings. The Balaban J connectivity index is 1.64. The number of nitrogens with zero attached hydrogens (tertiary/aromatic N) is 3. The van der Waals surface area contributed by atoms with E-state index >= 15 is 0 Å². The highest BCUT2D eigenvalue weighted by atomic mass is 16.5. The van der Waals surface area contributed by atoms with E-state index in [2.05, 4.69) is 41.6 Å². The average Bonchev–Trinajstić information content (AvgIpc) is 3.23. The van der Waals surface area contributed by atoms with Crippen LogP contribution in [0.4, 0.5) is 5.82 Å². The lowest BCUT2D eigenvalue weighted by Crippen LogP contribution is -2.13. The minimum atomic E-state index is -0.271. The minimum absolute atomic E-state index is 0.0651. The maximum atomic E-state index is 12.4. The van der Waals surface area contributed by atoms with Crippen molar-refractivity contribution in [1.82, 2.24) is 9.78 Å². The zero-order chi connectivity index (χ0) is 22.1. The third kappa shape index (κ3) is 5.97. The van der Waals surface area contributed by atoms with Crippen LogP contribution in [-0.2, 0) is 17.8 Å². The van der Waals surface area contributed by atoms with Gasteiger partial charge in [0.25, 0.3) is 0 Å². The van der Waals surface area contributed by atoms with Crippen molar-refractivity contribution in [3.8, 4) is 17.6 Å². The maximum absolute atomic E-state index is 12.4. The second kappa shape index (κ2) is 10.6. The van der Waals surface area contributed by atoms with Gasteiger partial charge in [0.05, 0.1) is 19.9 Å². The van der Waals surface area contributed by atoms with E-state index in [4.69, 9.17) is 14.7 Å². The molecular weight excluding hydrogens is 392 g/mol. The van der Waals surface area contributed by atoms with Crippen molar-refractivity contribution in [3.63, 3.8) is 0 Å². The molecule has 1 N–H and O–H groups in total. The summed E-state index contributed by atoms with van der Waals surface area (Å²) in [6.45, 7) is 2.62. The minimum Gasteiger partial charge on any atom is -0.493 e. The van der Waals surface area contributed by atoms with Gasteiger partial charge in [-0.25, -0.2) is 4.68 Å². The molecule has 0 unspecified atom stereocenters. The number of rotatable bonds is 9. The number of methoxy groups -OCH3 is 1. The summed E-state index contributed by atoms with van der Waals surface area (Å²) in [4.78, 5) is 12.4. The van der Waals surface area contributed by atoms with Crippen molar-refractivity contribution in [2.45, 2.75) is 19.9 Å². The first-order chi connectivity index (χ1) is 15.1. The Morgan fingerprint density at radius 3 is 2.65 bits per heavy atom. The molecule has 0 aliphatic heterocycles. The second-order valence-corrected chi connectivity index (χ2v) is 6.72. The maximum Gasteiger partial charge on any atom is 0.249 e. The van der Waals surface area contributed by atoms with Crippen LogP contribution in [0.15, 0.2) is 60.8 Å². The molecule has 1 amide bonds. The smallest absolute Gasteiger partial charge is 0.249 e. The average molecular weight is 416 g/mol. The molecule has 0 aliphatic carbocycles. The molecule has 3 rings (SSSR count). The van der Waals surface area contributed by atoms with E-state index in [0.29, 0.717) is 23.9 Å². The Kier molecular flexibility index (Phi) is 7.44. The third-order valence-electron chi connectivity index (χ3n) is 4.64. The molecule has 0 saturated carbocycles. The Morgan fingerprint density at radius 2 is 1.94 bits per heavy atom. The molecular formula is C24H24N4O3. The summed E-state index contributed by atoms with van der Waals surface area (Å²) in [5, 5.41) is 15.8. The van der Waals surface area contributed by atoms with Gasteiger partial charge in [-0.15, -0.1) is 0 Å². The van der Waals surface area contributed by atoms with Gasteiger partial charge in [-0.2, -0.15) is 10.4 Å². The monoisotopic (exact) mass is 416 g/mol. The van der Waals surface area contributed by atoms with E-state index in [1.165, 1.54) is 18.7 Å². The number of amides is 1. The second-order valence-electron chi connectivity index (χ2n) is 6.72. The molecule has 0 fully saturated rings. The van der Waals surface area contributed by atoms with Crippen molar-refractivity contribution in [3.05, 3.63) is 77.5 Å². The zero-order valence-corrected chi connectivity index (χ0v) is 17.5. The van der Waals surface area contributed by atoms with Crippen LogP contribution in [-0.4, -0.2) is 29.4 Å². The number of aromatic nitrogens is 2. The predicted octanol–water partition coefficient (Wildman–Crippen LogP) is 4.06. The molecule has 0 aliphatic rings. The molecule has 7 nitrogen and oxygen atoms in total. The zero-order valence-electron chi connectivity index (χ0n) is 17.5. The van der Waals surface area contributed by atoms with Gasteiger partial charge in [-0.1, -0.05) is 37.3 Å². The molecule has 1 aromatic heterocycles. The van der Waals surface area contributed by atoms with Gasteiger partial charge in [0, 0.05) is 12.1 Å². The van der Waals surface area contributed by atoms with E-state index in [9.17, 15) is 4.79 Å². The van der Waals surface area contributed by atoms with Gasteiger partial charge < -0.3 is 14.8 Å². The van der Waals surface area contributed by atoms with E-state index < -0.39 is 0 Å². The lowest BCUT2D eigenvalue weighted by Gasteiger charge is -2.09. The van der Waals surface area contributed by atoms with Gasteiger partial charge >= 0.3 is 0 Å². The number of aryl methyl sites for hydroxylation is 1. The van der Waals surface area contributed by atoms with Crippen LogP contribution in [0, 0.1) is 11.3 Å². The Morgan fingerprint density at radius 1 is 1.16 bits per heavy atom. The molecule has 0 bridgehead atoms. The van der Waals surface area contributed by atoms with Crippen molar-refractivity contribution in [2.24, 2.45) is 0 Å². The molecule has 0 saturated heterocycles. The van der Waals surface area contributed by atoms with E-state index in [1.54, 1.807) is 41.2 Å². The van der Waals surface area contributed by atoms with E-state index in [-0.39, 0.29) is 12.5 Å². The SMILES string of the molecule is CCc1ccc(Cn2nccc2NC(=O)/C=C/c2ccc(OCC#N)c(OC)c2)cc1.